The number of aryl methyl sites for hydroxylation is 1. The molecule has 0 aliphatic carbocycles. The van der Waals surface area contributed by atoms with Gasteiger partial charge >= 0.3 is 0 Å². The Bertz CT molecular complexity index is 976. The smallest absolute Gasteiger partial charge is 0.156 e. The number of aromatic nitrogens is 3. The molecular weight excluding hydrogens is 349 g/mol. The van der Waals surface area contributed by atoms with E-state index in [1.165, 1.54) is 12.1 Å². The summed E-state index contributed by atoms with van der Waals surface area (Å²) in [7, 11) is 0. The summed E-state index contributed by atoms with van der Waals surface area (Å²) < 4.78 is 14.1. The predicted molar refractivity (Wildman–Crippen MR) is 93.8 cm³/mol. The van der Waals surface area contributed by atoms with Crippen LogP contribution in [0.5, 0.6) is 0 Å². The number of rotatable bonds is 3. The van der Waals surface area contributed by atoms with E-state index in [2.05, 4.69) is 15.0 Å². The van der Waals surface area contributed by atoms with Gasteiger partial charge in [-0.3, -0.25) is 0 Å². The lowest BCUT2D eigenvalue weighted by Gasteiger charge is -2.03. The number of thiophene rings is 1. The third kappa shape index (κ3) is 2.87. The van der Waals surface area contributed by atoms with Crippen molar-refractivity contribution < 1.29 is 4.39 Å². The normalized spacial score (nSPS) is 11.2. The van der Waals surface area contributed by atoms with Gasteiger partial charge in [0.2, 0.25) is 0 Å². The minimum atomic E-state index is -0.239. The van der Waals surface area contributed by atoms with Crippen LogP contribution in [-0.2, 0) is 0 Å². The standard InChI is InChI=1S/C16H10FN3S3/c1-9-6-22-16(20-9)23-15-13-12(7-21-14(13)18-8-19-15)10-2-4-11(17)5-3-10/h2-8H,1H3. The van der Waals surface area contributed by atoms with Crippen molar-refractivity contribution in [2.75, 3.05) is 0 Å². The predicted octanol–water partition coefficient (Wildman–Crippen LogP) is 5.41. The van der Waals surface area contributed by atoms with E-state index < -0.39 is 0 Å². The summed E-state index contributed by atoms with van der Waals surface area (Å²) in [4.78, 5) is 14.2. The molecular formula is C16H10FN3S3. The molecule has 3 heterocycles. The minimum Gasteiger partial charge on any atom is -0.235 e. The van der Waals surface area contributed by atoms with Gasteiger partial charge in [-0.2, -0.15) is 0 Å². The van der Waals surface area contributed by atoms with Crippen molar-refractivity contribution in [1.82, 2.24) is 15.0 Å². The molecule has 0 radical (unpaired) electrons. The molecule has 7 heteroatoms. The molecule has 23 heavy (non-hydrogen) atoms. The highest BCUT2D eigenvalue weighted by atomic mass is 32.2. The molecule has 114 valence electrons. The van der Waals surface area contributed by atoms with Crippen molar-refractivity contribution in [1.29, 1.82) is 0 Å². The van der Waals surface area contributed by atoms with Crippen LogP contribution in [0.25, 0.3) is 21.3 Å². The fraction of sp³-hybridized carbons (Fsp3) is 0.0625. The van der Waals surface area contributed by atoms with Crippen molar-refractivity contribution in [2.24, 2.45) is 0 Å². The van der Waals surface area contributed by atoms with Crippen LogP contribution < -0.4 is 0 Å². The summed E-state index contributed by atoms with van der Waals surface area (Å²) in [6.07, 6.45) is 1.58. The zero-order valence-electron chi connectivity index (χ0n) is 12.0. The van der Waals surface area contributed by atoms with Gasteiger partial charge in [-0.25, -0.2) is 19.3 Å². The maximum atomic E-state index is 13.2. The molecule has 0 unspecified atom stereocenters. The van der Waals surface area contributed by atoms with Crippen LogP contribution in [0.1, 0.15) is 5.69 Å². The maximum Gasteiger partial charge on any atom is 0.156 e. The highest BCUT2D eigenvalue weighted by Crippen LogP contribution is 2.40. The molecule has 4 rings (SSSR count). The van der Waals surface area contributed by atoms with Crippen LogP contribution in [0.3, 0.4) is 0 Å². The molecule has 0 bridgehead atoms. The molecule has 0 spiro atoms. The summed E-state index contributed by atoms with van der Waals surface area (Å²) in [5.41, 5.74) is 3.00. The lowest BCUT2D eigenvalue weighted by molar-refractivity contribution is 0.628. The van der Waals surface area contributed by atoms with Crippen LogP contribution in [-0.4, -0.2) is 15.0 Å². The first-order valence-electron chi connectivity index (χ1n) is 6.79. The second kappa shape index (κ2) is 5.99. The number of fused-ring (bicyclic) bond motifs is 1. The summed E-state index contributed by atoms with van der Waals surface area (Å²) in [6.45, 7) is 1.98. The average Bonchev–Trinajstić information content (AvgIpc) is 3.15. The number of hydrogen-bond donors (Lipinski definition) is 0. The molecule has 0 atom stereocenters. The summed E-state index contributed by atoms with van der Waals surface area (Å²) >= 11 is 4.72. The van der Waals surface area contributed by atoms with Gasteiger partial charge in [0.05, 0.1) is 5.39 Å². The molecule has 0 saturated carbocycles. The number of benzene rings is 1. The topological polar surface area (TPSA) is 38.7 Å². The van der Waals surface area contributed by atoms with Gasteiger partial charge in [-0.05, 0) is 36.4 Å². The highest BCUT2D eigenvalue weighted by Gasteiger charge is 2.15. The molecule has 1 aromatic carbocycles. The Labute approximate surface area is 144 Å². The van der Waals surface area contributed by atoms with Gasteiger partial charge in [0.25, 0.3) is 0 Å². The Balaban J connectivity index is 1.84. The SMILES string of the molecule is Cc1csc(Sc2ncnc3scc(-c4ccc(F)cc4)c23)n1. The summed E-state index contributed by atoms with van der Waals surface area (Å²) in [5.74, 6) is -0.239. The number of halogens is 1. The molecule has 4 aromatic rings. The Hall–Kier alpha value is -1.83. The molecule has 0 fully saturated rings. The van der Waals surface area contributed by atoms with Crippen molar-refractivity contribution in [3.8, 4) is 11.1 Å². The Morgan fingerprint density at radius 2 is 1.87 bits per heavy atom. The quantitative estimate of drug-likeness (QED) is 0.458. The van der Waals surface area contributed by atoms with E-state index in [0.29, 0.717) is 0 Å². The van der Waals surface area contributed by atoms with E-state index in [9.17, 15) is 4.39 Å². The zero-order valence-corrected chi connectivity index (χ0v) is 14.4. The van der Waals surface area contributed by atoms with Gasteiger partial charge in [0, 0.05) is 22.0 Å². The number of hydrogen-bond acceptors (Lipinski definition) is 6. The third-order valence-electron chi connectivity index (χ3n) is 3.27. The first-order chi connectivity index (χ1) is 11.2. The largest absolute Gasteiger partial charge is 0.235 e. The Kier molecular flexibility index (Phi) is 3.84. The zero-order chi connectivity index (χ0) is 15.8. The fourth-order valence-corrected chi connectivity index (χ4v) is 5.07. The molecule has 0 saturated heterocycles. The van der Waals surface area contributed by atoms with E-state index >= 15 is 0 Å². The molecule has 0 N–H and O–H groups in total. The molecule has 0 aliphatic heterocycles. The molecule has 3 nitrogen and oxygen atoms in total. The van der Waals surface area contributed by atoms with Gasteiger partial charge < -0.3 is 0 Å². The molecule has 3 aromatic heterocycles. The van der Waals surface area contributed by atoms with Crippen LogP contribution in [0.4, 0.5) is 4.39 Å². The van der Waals surface area contributed by atoms with Gasteiger partial charge in [0.1, 0.15) is 22.0 Å². The molecule has 0 aliphatic rings. The monoisotopic (exact) mass is 359 g/mol. The number of thiazole rings is 1. The Morgan fingerprint density at radius 1 is 1.04 bits per heavy atom. The van der Waals surface area contributed by atoms with E-state index in [1.807, 2.05) is 17.7 Å². The van der Waals surface area contributed by atoms with Gasteiger partial charge in [-0.1, -0.05) is 12.1 Å². The van der Waals surface area contributed by atoms with E-state index in [4.69, 9.17) is 0 Å². The summed E-state index contributed by atoms with van der Waals surface area (Å²) in [6, 6.07) is 6.51. The second-order valence-electron chi connectivity index (χ2n) is 4.87. The average molecular weight is 359 g/mol. The fourth-order valence-electron chi connectivity index (χ4n) is 2.23. The van der Waals surface area contributed by atoms with Gasteiger partial charge in [-0.15, -0.1) is 22.7 Å². The van der Waals surface area contributed by atoms with Crippen LogP contribution >= 0.6 is 34.4 Å². The minimum absolute atomic E-state index is 0.239. The van der Waals surface area contributed by atoms with Crippen molar-refractivity contribution in [2.45, 2.75) is 16.3 Å². The van der Waals surface area contributed by atoms with Crippen molar-refractivity contribution >= 4 is 44.7 Å². The van der Waals surface area contributed by atoms with E-state index in [-0.39, 0.29) is 5.82 Å². The second-order valence-corrected chi connectivity index (χ2v) is 7.82. The lowest BCUT2D eigenvalue weighted by atomic mass is 10.1. The lowest BCUT2D eigenvalue weighted by Crippen LogP contribution is -1.86. The maximum absolute atomic E-state index is 13.2. The van der Waals surface area contributed by atoms with Crippen molar-refractivity contribution in [3.05, 3.63) is 52.9 Å². The van der Waals surface area contributed by atoms with Crippen LogP contribution in [0.2, 0.25) is 0 Å². The van der Waals surface area contributed by atoms with Gasteiger partial charge in [0.15, 0.2) is 4.34 Å². The first-order valence-corrected chi connectivity index (χ1v) is 9.36. The third-order valence-corrected chi connectivity index (χ3v) is 6.22. The van der Waals surface area contributed by atoms with E-state index in [1.54, 1.807) is 52.9 Å². The highest BCUT2D eigenvalue weighted by molar-refractivity contribution is 8.01. The van der Waals surface area contributed by atoms with E-state index in [0.717, 1.165) is 36.4 Å². The van der Waals surface area contributed by atoms with Crippen molar-refractivity contribution in [3.63, 3.8) is 0 Å². The summed E-state index contributed by atoms with van der Waals surface area (Å²) in [5, 5.41) is 5.95. The number of nitrogens with zero attached hydrogens (tertiary/aromatic N) is 3. The first kappa shape index (κ1) is 14.7. The molecule has 0 amide bonds. The van der Waals surface area contributed by atoms with Crippen LogP contribution in [0, 0.1) is 12.7 Å². The van der Waals surface area contributed by atoms with Crippen LogP contribution in [0.15, 0.2) is 50.7 Å². The Morgan fingerprint density at radius 3 is 2.61 bits per heavy atom.